The number of amidine groups is 1. The number of phenols is 1. The van der Waals surface area contributed by atoms with Gasteiger partial charge in [0.05, 0.1) is 25.3 Å². The van der Waals surface area contributed by atoms with Gasteiger partial charge >= 0.3 is 12.1 Å². The molecule has 44 heavy (non-hydrogen) atoms. The Bertz CT molecular complexity index is 1450. The number of halogens is 3. The van der Waals surface area contributed by atoms with Crippen LogP contribution in [0.15, 0.2) is 24.3 Å². The second-order valence-electron chi connectivity index (χ2n) is 10.8. The summed E-state index contributed by atoms with van der Waals surface area (Å²) in [4.78, 5) is 46.8. The Morgan fingerprint density at radius 3 is 2.14 bits per heavy atom. The number of Topliss-reactive ketones (excluding diaryl/α,β-unsaturated/α-hetero) is 1. The van der Waals surface area contributed by atoms with Gasteiger partial charge in [0.1, 0.15) is 11.6 Å². The molecule has 1 heterocycles. The van der Waals surface area contributed by atoms with Crippen LogP contribution in [0.5, 0.6) is 17.2 Å². The lowest BCUT2D eigenvalue weighted by molar-refractivity contribution is -0.192. The summed E-state index contributed by atoms with van der Waals surface area (Å²) in [6, 6.07) is 6.33. The number of hydrogen-bond acceptors (Lipinski definition) is 8. The van der Waals surface area contributed by atoms with Gasteiger partial charge in [-0.15, -0.1) is 0 Å². The number of nitrogens with zero attached hydrogens (tertiary/aromatic N) is 1. The number of alkyl halides is 3. The number of aliphatic carboxylic acids is 1. The monoisotopic (exact) mass is 624 g/mol. The largest absolute Gasteiger partial charge is 0.504 e. The number of phenolic OH excluding ortho intramolecular Hbond substituents is 1. The summed E-state index contributed by atoms with van der Waals surface area (Å²) in [5.41, 5.74) is 12.5. The number of amides is 2. The smallest absolute Gasteiger partial charge is 0.490 e. The molecule has 0 bridgehead atoms. The molecule has 1 aliphatic heterocycles. The van der Waals surface area contributed by atoms with Crippen LogP contribution in [0.25, 0.3) is 0 Å². The van der Waals surface area contributed by atoms with Crippen molar-refractivity contribution in [1.29, 1.82) is 5.41 Å². The quantitative estimate of drug-likeness (QED) is 0.183. The van der Waals surface area contributed by atoms with E-state index < -0.39 is 29.4 Å². The standard InChI is InChI=1S/C27H34N4O6.C2HF3O2/c1-5-36-21-11-16-13-31(25(29)17(16)12-18(21)26(30)35)14-20(32)15-9-19(27(2,3)4)24(34)22(10-15)37-8-6-7-23(28)33;3-2(4,5)1(6)7/h9-12,29,34H,5-8,13-14H2,1-4H3,(H2,28,33)(H2,30,35);(H,6,7). The van der Waals surface area contributed by atoms with Crippen molar-refractivity contribution < 1.29 is 52.0 Å². The normalized spacial score (nSPS) is 12.6. The van der Waals surface area contributed by atoms with E-state index in [4.69, 9.17) is 36.3 Å². The number of aromatic hydroxyl groups is 1. The second-order valence-corrected chi connectivity index (χ2v) is 10.8. The summed E-state index contributed by atoms with van der Waals surface area (Å²) in [7, 11) is 0. The second kappa shape index (κ2) is 14.1. The zero-order valence-electron chi connectivity index (χ0n) is 24.6. The van der Waals surface area contributed by atoms with Gasteiger partial charge in [-0.3, -0.25) is 19.8 Å². The van der Waals surface area contributed by atoms with E-state index in [1.54, 1.807) is 24.0 Å². The van der Waals surface area contributed by atoms with Crippen LogP contribution in [-0.4, -0.2) is 70.5 Å². The van der Waals surface area contributed by atoms with Crippen LogP contribution in [0.3, 0.4) is 0 Å². The number of primary amides is 2. The highest BCUT2D eigenvalue weighted by Crippen LogP contribution is 2.39. The molecule has 0 aliphatic carbocycles. The summed E-state index contributed by atoms with van der Waals surface area (Å²) in [6.07, 6.45) is -4.57. The van der Waals surface area contributed by atoms with Gasteiger partial charge in [-0.25, -0.2) is 4.79 Å². The van der Waals surface area contributed by atoms with Gasteiger partial charge < -0.3 is 36.1 Å². The van der Waals surface area contributed by atoms with Crippen molar-refractivity contribution in [3.05, 3.63) is 52.1 Å². The van der Waals surface area contributed by atoms with Gasteiger partial charge in [0.25, 0.3) is 5.91 Å². The fraction of sp³-hybridized carbons (Fsp3) is 0.414. The fourth-order valence-corrected chi connectivity index (χ4v) is 4.17. The Morgan fingerprint density at radius 2 is 1.64 bits per heavy atom. The maximum Gasteiger partial charge on any atom is 0.490 e. The lowest BCUT2D eigenvalue weighted by Gasteiger charge is -2.24. The van der Waals surface area contributed by atoms with E-state index in [0.29, 0.717) is 42.0 Å². The first kappa shape index (κ1) is 35.4. The predicted octanol–water partition coefficient (Wildman–Crippen LogP) is 3.49. The highest BCUT2D eigenvalue weighted by Gasteiger charge is 2.38. The molecular formula is C29H35F3N4O8. The molecule has 0 unspecified atom stereocenters. The van der Waals surface area contributed by atoms with Crippen molar-refractivity contribution in [3.63, 3.8) is 0 Å². The predicted molar refractivity (Wildman–Crippen MR) is 152 cm³/mol. The topological polar surface area (TPSA) is 206 Å². The van der Waals surface area contributed by atoms with Gasteiger partial charge in [0.2, 0.25) is 5.91 Å². The lowest BCUT2D eigenvalue weighted by Crippen LogP contribution is -2.30. The molecule has 240 valence electrons. The molecule has 0 spiro atoms. The molecule has 3 rings (SSSR count). The molecule has 7 N–H and O–H groups in total. The third kappa shape index (κ3) is 9.09. The number of carbonyl (C=O) groups is 4. The van der Waals surface area contributed by atoms with Gasteiger partial charge in [0, 0.05) is 29.7 Å². The molecule has 2 amide bonds. The van der Waals surface area contributed by atoms with Gasteiger partial charge in [-0.1, -0.05) is 20.8 Å². The minimum absolute atomic E-state index is 0.0631. The number of benzene rings is 2. The number of carboxylic acid groups (broad SMARTS) is 1. The molecule has 0 atom stereocenters. The first-order chi connectivity index (χ1) is 20.3. The number of fused-ring (bicyclic) bond motifs is 1. The lowest BCUT2D eigenvalue weighted by atomic mass is 9.84. The maximum absolute atomic E-state index is 13.4. The molecule has 0 radical (unpaired) electrons. The number of nitrogens with two attached hydrogens (primary N) is 2. The number of ether oxygens (including phenoxy) is 2. The van der Waals surface area contributed by atoms with Crippen molar-refractivity contribution >= 4 is 29.4 Å². The Hall–Kier alpha value is -4.82. The molecule has 2 aromatic carbocycles. The molecule has 0 aromatic heterocycles. The maximum atomic E-state index is 13.4. The Kier molecular flexibility index (Phi) is 11.3. The summed E-state index contributed by atoms with van der Waals surface area (Å²) in [6.45, 7) is 8.21. The number of hydrogen-bond donors (Lipinski definition) is 5. The van der Waals surface area contributed by atoms with E-state index in [0.717, 1.165) is 5.56 Å². The molecule has 1 aliphatic rings. The molecule has 12 nitrogen and oxygen atoms in total. The number of carbonyl (C=O) groups excluding carboxylic acids is 3. The number of ketones is 1. The van der Waals surface area contributed by atoms with Crippen molar-refractivity contribution in [3.8, 4) is 17.2 Å². The summed E-state index contributed by atoms with van der Waals surface area (Å²) >= 11 is 0. The van der Waals surface area contributed by atoms with Crippen LogP contribution < -0.4 is 20.9 Å². The van der Waals surface area contributed by atoms with Crippen molar-refractivity contribution in [2.75, 3.05) is 19.8 Å². The van der Waals surface area contributed by atoms with Crippen LogP contribution in [0.1, 0.15) is 77.9 Å². The van der Waals surface area contributed by atoms with Crippen LogP contribution in [0.4, 0.5) is 13.2 Å². The summed E-state index contributed by atoms with van der Waals surface area (Å²) in [5.74, 6) is -3.60. The van der Waals surface area contributed by atoms with Crippen LogP contribution in [0.2, 0.25) is 0 Å². The zero-order valence-corrected chi connectivity index (χ0v) is 24.6. The fourth-order valence-electron chi connectivity index (χ4n) is 4.17. The summed E-state index contributed by atoms with van der Waals surface area (Å²) < 4.78 is 43.0. The van der Waals surface area contributed by atoms with Gasteiger partial charge in [0.15, 0.2) is 17.3 Å². The van der Waals surface area contributed by atoms with Crippen molar-refractivity contribution in [1.82, 2.24) is 4.90 Å². The Labute approximate surface area is 251 Å². The first-order valence-electron chi connectivity index (χ1n) is 13.3. The zero-order chi connectivity index (χ0) is 33.6. The Balaban J connectivity index is 0.000000860. The molecule has 15 heteroatoms. The molecule has 0 saturated heterocycles. The van der Waals surface area contributed by atoms with Crippen LogP contribution in [0, 0.1) is 5.41 Å². The summed E-state index contributed by atoms with van der Waals surface area (Å²) in [5, 5.41) is 26.5. The Morgan fingerprint density at radius 1 is 1.02 bits per heavy atom. The van der Waals surface area contributed by atoms with Crippen LogP contribution >= 0.6 is 0 Å². The number of carboxylic acids is 1. The minimum atomic E-state index is -5.08. The molecule has 0 fully saturated rings. The van der Waals surface area contributed by atoms with E-state index >= 15 is 0 Å². The van der Waals surface area contributed by atoms with E-state index in [-0.39, 0.29) is 48.3 Å². The van der Waals surface area contributed by atoms with Gasteiger partial charge in [-0.05, 0) is 48.6 Å². The van der Waals surface area contributed by atoms with Crippen molar-refractivity contribution in [2.45, 2.75) is 58.7 Å². The van der Waals surface area contributed by atoms with E-state index in [9.17, 15) is 32.7 Å². The molecular weight excluding hydrogens is 589 g/mol. The van der Waals surface area contributed by atoms with Gasteiger partial charge in [-0.2, -0.15) is 13.2 Å². The highest BCUT2D eigenvalue weighted by molar-refractivity contribution is 6.07. The minimum Gasteiger partial charge on any atom is -0.504 e. The number of rotatable bonds is 11. The van der Waals surface area contributed by atoms with E-state index in [1.165, 1.54) is 12.1 Å². The highest BCUT2D eigenvalue weighted by atomic mass is 19.4. The SMILES string of the molecule is CCOc1cc2c(cc1C(N)=O)C(=N)N(CC(=O)c1cc(OCCCC(N)=O)c(O)c(C(C)(C)C)c1)C2.O=C(O)C(F)(F)F. The van der Waals surface area contributed by atoms with E-state index in [2.05, 4.69) is 0 Å². The average Bonchev–Trinajstić information content (AvgIpc) is 3.19. The molecule has 0 saturated carbocycles. The third-order valence-corrected chi connectivity index (χ3v) is 6.31. The average molecular weight is 625 g/mol. The van der Waals surface area contributed by atoms with E-state index in [1.807, 2.05) is 20.8 Å². The third-order valence-electron chi connectivity index (χ3n) is 6.31. The van der Waals surface area contributed by atoms with Crippen LogP contribution in [-0.2, 0) is 21.5 Å². The van der Waals surface area contributed by atoms with Crippen molar-refractivity contribution in [2.24, 2.45) is 11.5 Å². The first-order valence-corrected chi connectivity index (χ1v) is 13.3. The number of nitrogens with one attached hydrogen (secondary N) is 1. The molecule has 2 aromatic rings.